The number of esters is 1. The Kier molecular flexibility index (Phi) is 2.85. The molecule has 0 aromatic heterocycles. The van der Waals surface area contributed by atoms with Gasteiger partial charge in [0.25, 0.3) is 0 Å². The Morgan fingerprint density at radius 1 is 0.952 bits per heavy atom. The average Bonchev–Trinajstić information content (AvgIpc) is 2.35. The van der Waals surface area contributed by atoms with Crippen LogP contribution in [0.4, 0.5) is 8.78 Å². The highest BCUT2D eigenvalue weighted by Crippen LogP contribution is 2.60. The highest BCUT2D eigenvalue weighted by atomic mass is 19.1. The number of ether oxygens (including phenoxy) is 1. The Hall–Kier alpha value is -1.45. The van der Waals surface area contributed by atoms with E-state index in [2.05, 4.69) is 0 Å². The van der Waals surface area contributed by atoms with Gasteiger partial charge in [-0.15, -0.1) is 0 Å². The van der Waals surface area contributed by atoms with E-state index in [4.69, 9.17) is 4.74 Å². The molecule has 0 saturated heterocycles. The number of benzene rings is 1. The summed E-state index contributed by atoms with van der Waals surface area (Å²) in [5.74, 6) is 0.153. The van der Waals surface area contributed by atoms with Gasteiger partial charge in [-0.05, 0) is 56.3 Å². The van der Waals surface area contributed by atoms with Crippen LogP contribution in [0, 0.1) is 34.8 Å². The first-order chi connectivity index (χ1) is 10.0. The van der Waals surface area contributed by atoms with Crippen molar-refractivity contribution >= 4 is 5.97 Å². The van der Waals surface area contributed by atoms with Crippen molar-refractivity contribution in [2.75, 3.05) is 0 Å². The van der Waals surface area contributed by atoms with Gasteiger partial charge < -0.3 is 4.74 Å². The summed E-state index contributed by atoms with van der Waals surface area (Å²) in [4.78, 5) is 12.6. The molecule has 4 heteroatoms. The van der Waals surface area contributed by atoms with Crippen LogP contribution in [0.3, 0.4) is 0 Å². The van der Waals surface area contributed by atoms with Crippen molar-refractivity contribution in [1.29, 1.82) is 0 Å². The van der Waals surface area contributed by atoms with Crippen LogP contribution >= 0.6 is 0 Å². The Morgan fingerprint density at radius 3 is 1.90 bits per heavy atom. The largest absolute Gasteiger partial charge is 0.426 e. The lowest BCUT2D eigenvalue weighted by Crippen LogP contribution is -2.51. The van der Waals surface area contributed by atoms with Crippen LogP contribution in [0.1, 0.15) is 38.5 Å². The van der Waals surface area contributed by atoms with E-state index in [0.29, 0.717) is 17.8 Å². The maximum absolute atomic E-state index is 13.2. The van der Waals surface area contributed by atoms with Crippen molar-refractivity contribution in [3.05, 3.63) is 29.8 Å². The van der Waals surface area contributed by atoms with Gasteiger partial charge in [0.1, 0.15) is 17.4 Å². The second-order valence-corrected chi connectivity index (χ2v) is 7.19. The monoisotopic (exact) mass is 292 g/mol. The topological polar surface area (TPSA) is 26.3 Å². The van der Waals surface area contributed by atoms with Crippen molar-refractivity contribution in [2.24, 2.45) is 23.2 Å². The van der Waals surface area contributed by atoms with Crippen molar-refractivity contribution < 1.29 is 18.3 Å². The van der Waals surface area contributed by atoms with Crippen molar-refractivity contribution in [2.45, 2.75) is 38.5 Å². The molecule has 4 saturated carbocycles. The van der Waals surface area contributed by atoms with Crippen LogP contribution in [0.5, 0.6) is 5.75 Å². The molecule has 0 unspecified atom stereocenters. The van der Waals surface area contributed by atoms with Gasteiger partial charge in [0.05, 0.1) is 5.41 Å². The molecule has 21 heavy (non-hydrogen) atoms. The normalized spacial score (nSPS) is 36.8. The van der Waals surface area contributed by atoms with Gasteiger partial charge in [0.15, 0.2) is 0 Å². The number of carbonyl (C=O) groups is 1. The molecular weight excluding hydrogens is 274 g/mol. The second-order valence-electron chi connectivity index (χ2n) is 7.19. The molecule has 0 atom stereocenters. The zero-order valence-corrected chi connectivity index (χ0v) is 11.8. The smallest absolute Gasteiger partial charge is 0.317 e. The van der Waals surface area contributed by atoms with E-state index in [0.717, 1.165) is 37.5 Å². The molecule has 1 aromatic carbocycles. The van der Waals surface area contributed by atoms with Gasteiger partial charge in [-0.1, -0.05) is 0 Å². The summed E-state index contributed by atoms with van der Waals surface area (Å²) in [5.41, 5.74) is -0.405. The van der Waals surface area contributed by atoms with Gasteiger partial charge in [-0.25, -0.2) is 8.78 Å². The molecule has 0 amide bonds. The molecule has 4 bridgehead atoms. The Balaban J connectivity index is 1.57. The molecule has 4 aliphatic carbocycles. The Labute approximate surface area is 122 Å². The minimum Gasteiger partial charge on any atom is -0.426 e. The first-order valence-corrected chi connectivity index (χ1v) is 7.71. The lowest BCUT2D eigenvalue weighted by atomic mass is 9.49. The third kappa shape index (κ3) is 2.25. The molecule has 4 aliphatic rings. The lowest BCUT2D eigenvalue weighted by molar-refractivity contribution is -0.161. The summed E-state index contributed by atoms with van der Waals surface area (Å²) in [6, 6.07) is 2.92. The molecule has 0 heterocycles. The minimum atomic E-state index is -0.719. The third-order valence-electron chi connectivity index (χ3n) is 5.52. The molecule has 0 N–H and O–H groups in total. The number of halogens is 2. The van der Waals surface area contributed by atoms with Crippen molar-refractivity contribution in [3.63, 3.8) is 0 Å². The van der Waals surface area contributed by atoms with Crippen molar-refractivity contribution in [1.82, 2.24) is 0 Å². The first-order valence-electron chi connectivity index (χ1n) is 7.71. The highest BCUT2D eigenvalue weighted by Gasteiger charge is 2.55. The van der Waals surface area contributed by atoms with Gasteiger partial charge in [0.2, 0.25) is 0 Å². The standard InChI is InChI=1S/C17H18F2O2/c18-13-4-14(19)6-15(5-13)21-16(20)17-7-10-1-11(8-17)3-12(2-10)9-17/h4-6,10-12H,1-3,7-9H2. The van der Waals surface area contributed by atoms with Gasteiger partial charge in [-0.3, -0.25) is 4.79 Å². The van der Waals surface area contributed by atoms with E-state index in [1.54, 1.807) is 0 Å². The predicted octanol–water partition coefficient (Wildman–Crippen LogP) is 4.09. The quantitative estimate of drug-likeness (QED) is 0.606. The van der Waals surface area contributed by atoms with E-state index in [1.165, 1.54) is 19.3 Å². The van der Waals surface area contributed by atoms with Crippen LogP contribution in [-0.4, -0.2) is 5.97 Å². The number of hydrogen-bond donors (Lipinski definition) is 0. The van der Waals surface area contributed by atoms with Crippen LogP contribution < -0.4 is 4.74 Å². The van der Waals surface area contributed by atoms with Crippen LogP contribution in [-0.2, 0) is 4.79 Å². The fourth-order valence-corrected chi connectivity index (χ4v) is 5.16. The molecule has 0 spiro atoms. The molecule has 0 aliphatic heterocycles. The molecular formula is C17H18F2O2. The molecule has 5 rings (SSSR count). The number of hydrogen-bond acceptors (Lipinski definition) is 2. The average molecular weight is 292 g/mol. The summed E-state index contributed by atoms with van der Waals surface area (Å²) in [5, 5.41) is 0. The number of rotatable bonds is 2. The lowest BCUT2D eigenvalue weighted by Gasteiger charge is -2.55. The van der Waals surface area contributed by atoms with E-state index in [9.17, 15) is 13.6 Å². The Bertz CT molecular complexity index is 541. The Morgan fingerprint density at radius 2 is 1.43 bits per heavy atom. The number of carbonyl (C=O) groups excluding carboxylic acids is 1. The fourth-order valence-electron chi connectivity index (χ4n) is 5.16. The minimum absolute atomic E-state index is 0.0201. The second kappa shape index (κ2) is 4.52. The maximum Gasteiger partial charge on any atom is 0.317 e. The van der Waals surface area contributed by atoms with Crippen LogP contribution in [0.2, 0.25) is 0 Å². The summed E-state index contributed by atoms with van der Waals surface area (Å²) in [7, 11) is 0. The van der Waals surface area contributed by atoms with Crippen LogP contribution in [0.25, 0.3) is 0 Å². The van der Waals surface area contributed by atoms with Crippen molar-refractivity contribution in [3.8, 4) is 5.75 Å². The van der Waals surface area contributed by atoms with Crippen LogP contribution in [0.15, 0.2) is 18.2 Å². The molecule has 1 aromatic rings. The molecule has 4 fully saturated rings. The predicted molar refractivity (Wildman–Crippen MR) is 72.6 cm³/mol. The summed E-state index contributed by atoms with van der Waals surface area (Å²) < 4.78 is 31.8. The maximum atomic E-state index is 13.2. The SMILES string of the molecule is O=C(Oc1cc(F)cc(F)c1)C12CC3CC(CC(C3)C1)C2. The fraction of sp³-hybridized carbons (Fsp3) is 0.588. The van der Waals surface area contributed by atoms with Gasteiger partial charge in [0, 0.05) is 18.2 Å². The van der Waals surface area contributed by atoms with Gasteiger partial charge >= 0.3 is 5.97 Å². The summed E-state index contributed by atoms with van der Waals surface area (Å²) >= 11 is 0. The first kappa shape index (κ1) is 13.2. The molecule has 2 nitrogen and oxygen atoms in total. The zero-order valence-electron chi connectivity index (χ0n) is 11.8. The van der Waals surface area contributed by atoms with E-state index in [1.807, 2.05) is 0 Å². The van der Waals surface area contributed by atoms with E-state index >= 15 is 0 Å². The summed E-state index contributed by atoms with van der Waals surface area (Å²) in [6.07, 6.45) is 6.37. The highest BCUT2D eigenvalue weighted by molar-refractivity contribution is 5.79. The zero-order chi connectivity index (χ0) is 14.6. The third-order valence-corrected chi connectivity index (χ3v) is 5.52. The molecule has 0 radical (unpaired) electrons. The van der Waals surface area contributed by atoms with E-state index in [-0.39, 0.29) is 11.7 Å². The molecule has 112 valence electrons. The van der Waals surface area contributed by atoms with E-state index < -0.39 is 17.0 Å². The van der Waals surface area contributed by atoms with Gasteiger partial charge in [-0.2, -0.15) is 0 Å². The summed E-state index contributed by atoms with van der Waals surface area (Å²) in [6.45, 7) is 0.